The largest absolute Gasteiger partial charge is 0.466 e. The summed E-state index contributed by atoms with van der Waals surface area (Å²) >= 11 is 0. The number of aliphatic hydroxyl groups is 1. The zero-order valence-electron chi connectivity index (χ0n) is 11.0. The molecule has 0 radical (unpaired) electrons. The first-order valence-corrected chi connectivity index (χ1v) is 6.14. The maximum Gasteiger partial charge on any atom is 0.257 e. The minimum atomic E-state index is -0.300. The molecule has 2 heterocycles. The van der Waals surface area contributed by atoms with Crippen molar-refractivity contribution in [2.24, 2.45) is 0 Å². The van der Waals surface area contributed by atoms with Crippen LogP contribution in [0.25, 0.3) is 0 Å². The molecule has 1 fully saturated rings. The number of aryl methyl sites for hydroxylation is 2. The van der Waals surface area contributed by atoms with Crippen LogP contribution in [-0.4, -0.2) is 47.8 Å². The second kappa shape index (κ2) is 5.12. The SMILES string of the molecule is Cc1cc(C(=O)N2CC(C)OC(CO)C2)c(C)o1. The molecule has 100 valence electrons. The first kappa shape index (κ1) is 13.1. The molecule has 5 nitrogen and oxygen atoms in total. The van der Waals surface area contributed by atoms with E-state index in [4.69, 9.17) is 14.3 Å². The van der Waals surface area contributed by atoms with E-state index in [1.54, 1.807) is 17.9 Å². The van der Waals surface area contributed by atoms with Gasteiger partial charge in [0.25, 0.3) is 5.91 Å². The van der Waals surface area contributed by atoms with Gasteiger partial charge in [-0.15, -0.1) is 0 Å². The van der Waals surface area contributed by atoms with E-state index < -0.39 is 0 Å². The third kappa shape index (κ3) is 2.57. The molecule has 5 heteroatoms. The Bertz CT molecular complexity index is 440. The summed E-state index contributed by atoms with van der Waals surface area (Å²) < 4.78 is 10.9. The van der Waals surface area contributed by atoms with E-state index >= 15 is 0 Å². The molecule has 1 amide bonds. The molecule has 1 aromatic heterocycles. The van der Waals surface area contributed by atoms with E-state index in [0.717, 1.165) is 5.76 Å². The average molecular weight is 253 g/mol. The van der Waals surface area contributed by atoms with E-state index in [9.17, 15) is 4.79 Å². The number of furan rings is 1. The number of aliphatic hydroxyl groups excluding tert-OH is 1. The number of nitrogens with zero attached hydrogens (tertiary/aromatic N) is 1. The maximum atomic E-state index is 12.4. The highest BCUT2D eigenvalue weighted by Crippen LogP contribution is 2.19. The molecule has 1 aliphatic rings. The number of hydrogen-bond acceptors (Lipinski definition) is 4. The molecule has 1 N–H and O–H groups in total. The number of amides is 1. The van der Waals surface area contributed by atoms with E-state index in [2.05, 4.69) is 0 Å². The monoisotopic (exact) mass is 253 g/mol. The average Bonchev–Trinajstić information content (AvgIpc) is 2.66. The highest BCUT2D eigenvalue weighted by molar-refractivity contribution is 5.95. The van der Waals surface area contributed by atoms with Gasteiger partial charge in [0.15, 0.2) is 0 Å². The Balaban J connectivity index is 2.15. The molecule has 0 spiro atoms. The minimum Gasteiger partial charge on any atom is -0.466 e. The molecule has 1 aliphatic heterocycles. The van der Waals surface area contributed by atoms with Gasteiger partial charge in [0.05, 0.1) is 24.4 Å². The topological polar surface area (TPSA) is 62.9 Å². The molecule has 2 rings (SSSR count). The number of carbonyl (C=O) groups is 1. The third-order valence-corrected chi connectivity index (χ3v) is 3.09. The molecule has 2 atom stereocenters. The van der Waals surface area contributed by atoms with Crippen LogP contribution in [0, 0.1) is 13.8 Å². The second-order valence-electron chi connectivity index (χ2n) is 4.79. The van der Waals surface area contributed by atoms with Gasteiger partial charge < -0.3 is 19.2 Å². The number of morpholine rings is 1. The van der Waals surface area contributed by atoms with Crippen molar-refractivity contribution >= 4 is 5.91 Å². The molecule has 0 aromatic carbocycles. The van der Waals surface area contributed by atoms with Crippen molar-refractivity contribution in [3.63, 3.8) is 0 Å². The van der Waals surface area contributed by atoms with Gasteiger partial charge in [0, 0.05) is 13.1 Å². The van der Waals surface area contributed by atoms with Crippen molar-refractivity contribution in [1.29, 1.82) is 0 Å². The number of hydrogen-bond donors (Lipinski definition) is 1. The fourth-order valence-corrected chi connectivity index (χ4v) is 2.33. The first-order valence-electron chi connectivity index (χ1n) is 6.14. The molecule has 1 aromatic rings. The van der Waals surface area contributed by atoms with Gasteiger partial charge in [-0.2, -0.15) is 0 Å². The number of ether oxygens (including phenoxy) is 1. The summed E-state index contributed by atoms with van der Waals surface area (Å²) in [4.78, 5) is 14.1. The van der Waals surface area contributed by atoms with Gasteiger partial charge in [-0.25, -0.2) is 0 Å². The lowest BCUT2D eigenvalue weighted by molar-refractivity contribution is -0.0858. The zero-order valence-corrected chi connectivity index (χ0v) is 11.0. The lowest BCUT2D eigenvalue weighted by Crippen LogP contribution is -2.50. The molecular weight excluding hydrogens is 234 g/mol. The van der Waals surface area contributed by atoms with E-state index in [1.807, 2.05) is 13.8 Å². The Labute approximate surface area is 106 Å². The molecule has 1 saturated heterocycles. The Hall–Kier alpha value is -1.33. The van der Waals surface area contributed by atoms with Gasteiger partial charge in [0.1, 0.15) is 11.5 Å². The first-order chi connectivity index (χ1) is 8.51. The summed E-state index contributed by atoms with van der Waals surface area (Å²) in [5.41, 5.74) is 0.596. The van der Waals surface area contributed by atoms with Crippen molar-refractivity contribution in [3.8, 4) is 0 Å². The Morgan fingerprint density at radius 1 is 1.50 bits per heavy atom. The summed E-state index contributed by atoms with van der Waals surface area (Å²) in [5, 5.41) is 9.16. The molecule has 0 saturated carbocycles. The fraction of sp³-hybridized carbons (Fsp3) is 0.615. The maximum absolute atomic E-state index is 12.4. The van der Waals surface area contributed by atoms with Gasteiger partial charge in [-0.3, -0.25) is 4.79 Å². The zero-order chi connectivity index (χ0) is 13.3. The highest BCUT2D eigenvalue weighted by atomic mass is 16.5. The van der Waals surface area contributed by atoms with Crippen LogP contribution >= 0.6 is 0 Å². The second-order valence-corrected chi connectivity index (χ2v) is 4.79. The minimum absolute atomic E-state index is 0.0575. The predicted molar refractivity (Wildman–Crippen MR) is 65.5 cm³/mol. The van der Waals surface area contributed by atoms with Crippen molar-refractivity contribution in [1.82, 2.24) is 4.90 Å². The lowest BCUT2D eigenvalue weighted by atomic mass is 10.1. The van der Waals surface area contributed by atoms with Crippen molar-refractivity contribution in [2.45, 2.75) is 33.0 Å². The van der Waals surface area contributed by atoms with Crippen LogP contribution in [0.3, 0.4) is 0 Å². The molecular formula is C13H19NO4. The van der Waals surface area contributed by atoms with Crippen LogP contribution in [-0.2, 0) is 4.74 Å². The molecule has 0 aliphatic carbocycles. The van der Waals surface area contributed by atoms with Crippen LogP contribution in [0.2, 0.25) is 0 Å². The Morgan fingerprint density at radius 3 is 2.78 bits per heavy atom. The van der Waals surface area contributed by atoms with E-state index in [-0.39, 0.29) is 24.7 Å². The van der Waals surface area contributed by atoms with Gasteiger partial charge >= 0.3 is 0 Å². The molecule has 0 bridgehead atoms. The van der Waals surface area contributed by atoms with Crippen LogP contribution in [0.4, 0.5) is 0 Å². The quantitative estimate of drug-likeness (QED) is 0.858. The van der Waals surface area contributed by atoms with E-state index in [1.165, 1.54) is 0 Å². The highest BCUT2D eigenvalue weighted by Gasteiger charge is 2.29. The predicted octanol–water partition coefficient (Wildman–Crippen LogP) is 1.12. The Morgan fingerprint density at radius 2 is 2.22 bits per heavy atom. The Kier molecular flexibility index (Phi) is 3.73. The van der Waals surface area contributed by atoms with Gasteiger partial charge in [0.2, 0.25) is 0 Å². The molecule has 2 unspecified atom stereocenters. The van der Waals surface area contributed by atoms with Crippen LogP contribution < -0.4 is 0 Å². The third-order valence-electron chi connectivity index (χ3n) is 3.09. The summed E-state index contributed by atoms with van der Waals surface area (Å²) in [6.07, 6.45) is -0.362. The normalized spacial score (nSPS) is 24.3. The number of rotatable bonds is 2. The smallest absolute Gasteiger partial charge is 0.257 e. The summed E-state index contributed by atoms with van der Waals surface area (Å²) in [7, 11) is 0. The lowest BCUT2D eigenvalue weighted by Gasteiger charge is -2.36. The molecule has 18 heavy (non-hydrogen) atoms. The van der Waals surface area contributed by atoms with Crippen molar-refractivity contribution < 1.29 is 19.1 Å². The van der Waals surface area contributed by atoms with Crippen molar-refractivity contribution in [3.05, 3.63) is 23.2 Å². The van der Waals surface area contributed by atoms with Gasteiger partial charge in [-0.1, -0.05) is 0 Å². The summed E-state index contributed by atoms with van der Waals surface area (Å²) in [6.45, 7) is 6.39. The van der Waals surface area contributed by atoms with Crippen molar-refractivity contribution in [2.75, 3.05) is 19.7 Å². The summed E-state index contributed by atoms with van der Waals surface area (Å²) in [6, 6.07) is 1.76. The van der Waals surface area contributed by atoms with E-state index in [0.29, 0.717) is 24.4 Å². The summed E-state index contributed by atoms with van der Waals surface area (Å²) in [5.74, 6) is 1.31. The fourth-order valence-electron chi connectivity index (χ4n) is 2.33. The number of carbonyl (C=O) groups excluding carboxylic acids is 1. The van der Waals surface area contributed by atoms with Crippen LogP contribution in [0.1, 0.15) is 28.8 Å². The van der Waals surface area contributed by atoms with Crippen LogP contribution in [0.15, 0.2) is 10.5 Å². The van der Waals surface area contributed by atoms with Crippen LogP contribution in [0.5, 0.6) is 0 Å². The standard InChI is InChI=1S/C13H19NO4/c1-8-4-12(10(3)17-8)13(16)14-5-9(2)18-11(6-14)7-15/h4,9,11,15H,5-7H2,1-3H3. The van der Waals surface area contributed by atoms with Gasteiger partial charge in [-0.05, 0) is 26.8 Å².